The molecule has 1 aromatic heterocycles. The van der Waals surface area contributed by atoms with Gasteiger partial charge in [-0.05, 0) is 23.8 Å². The summed E-state index contributed by atoms with van der Waals surface area (Å²) in [6.07, 6.45) is 4.74. The minimum absolute atomic E-state index is 0.244. The number of nitrogens with zero attached hydrogens (tertiary/aromatic N) is 2. The van der Waals surface area contributed by atoms with Crippen molar-refractivity contribution >= 4 is 46.2 Å². The molecular weight excluding hydrogens is 316 g/mol. The first kappa shape index (κ1) is 14.6. The molecule has 4 nitrogen and oxygen atoms in total. The van der Waals surface area contributed by atoms with Gasteiger partial charge in [-0.25, -0.2) is 4.90 Å². The summed E-state index contributed by atoms with van der Waals surface area (Å²) in [5, 5.41) is 0. The summed E-state index contributed by atoms with van der Waals surface area (Å²) in [6.45, 7) is 0. The minimum Gasteiger partial charge on any atom is -0.268 e. The van der Waals surface area contributed by atoms with Crippen molar-refractivity contribution in [3.8, 4) is 0 Å². The van der Waals surface area contributed by atoms with Crippen molar-refractivity contribution in [3.05, 3.63) is 70.9 Å². The van der Waals surface area contributed by atoms with E-state index in [9.17, 15) is 9.59 Å². The van der Waals surface area contributed by atoms with Crippen LogP contribution in [0.1, 0.15) is 15.9 Å². The molecule has 1 aromatic carbocycles. The van der Waals surface area contributed by atoms with Crippen molar-refractivity contribution < 1.29 is 9.59 Å². The molecule has 0 bridgehead atoms. The number of carbonyl (C=O) groups excluding carboxylic acids is 2. The number of thioether (sulfide) groups is 1. The molecule has 108 valence electrons. The first-order chi connectivity index (χ1) is 10.7. The van der Waals surface area contributed by atoms with Crippen molar-refractivity contribution in [2.24, 2.45) is 0 Å². The number of aromatic nitrogens is 1. The highest BCUT2D eigenvalue weighted by molar-refractivity contribution is 8.26. The standard InChI is InChI=1S/C16H10N2O2S2/c19-14(12-6-8-17-9-7-12)18-15(20)13(22-16(18)21)10-11-4-2-1-3-5-11/h1-10H/b13-10-. The van der Waals surface area contributed by atoms with Gasteiger partial charge >= 0.3 is 0 Å². The molecule has 2 aromatic rings. The van der Waals surface area contributed by atoms with Crippen molar-refractivity contribution in [2.45, 2.75) is 0 Å². The molecule has 1 aliphatic rings. The number of pyridine rings is 1. The van der Waals surface area contributed by atoms with Crippen LogP contribution < -0.4 is 0 Å². The van der Waals surface area contributed by atoms with Gasteiger partial charge in [0, 0.05) is 18.0 Å². The summed E-state index contributed by atoms with van der Waals surface area (Å²) in [7, 11) is 0. The number of hydrogen-bond acceptors (Lipinski definition) is 5. The topological polar surface area (TPSA) is 50.3 Å². The van der Waals surface area contributed by atoms with E-state index in [1.807, 2.05) is 30.3 Å². The van der Waals surface area contributed by atoms with E-state index in [4.69, 9.17) is 12.2 Å². The molecule has 1 aliphatic heterocycles. The van der Waals surface area contributed by atoms with Crippen molar-refractivity contribution in [3.63, 3.8) is 0 Å². The fourth-order valence-electron chi connectivity index (χ4n) is 1.97. The Morgan fingerprint density at radius 3 is 2.50 bits per heavy atom. The molecule has 0 spiro atoms. The van der Waals surface area contributed by atoms with Gasteiger partial charge in [0.1, 0.15) is 0 Å². The zero-order chi connectivity index (χ0) is 15.5. The second kappa shape index (κ2) is 6.21. The molecule has 1 saturated heterocycles. The molecular formula is C16H10N2O2S2. The highest BCUT2D eigenvalue weighted by atomic mass is 32.2. The van der Waals surface area contributed by atoms with Crippen molar-refractivity contribution in [1.82, 2.24) is 9.88 Å². The zero-order valence-corrected chi connectivity index (χ0v) is 12.9. The third-order valence-electron chi connectivity index (χ3n) is 3.02. The molecule has 6 heteroatoms. The van der Waals surface area contributed by atoms with Gasteiger partial charge in [0.25, 0.3) is 11.8 Å². The Kier molecular flexibility index (Phi) is 4.13. The normalized spacial score (nSPS) is 16.4. The van der Waals surface area contributed by atoms with Crippen LogP contribution in [0.2, 0.25) is 0 Å². The lowest BCUT2D eigenvalue weighted by Crippen LogP contribution is -2.34. The predicted molar refractivity (Wildman–Crippen MR) is 90.0 cm³/mol. The van der Waals surface area contributed by atoms with Crippen LogP contribution in [0.4, 0.5) is 0 Å². The van der Waals surface area contributed by atoms with Crippen LogP contribution in [0.15, 0.2) is 59.8 Å². The van der Waals surface area contributed by atoms with Crippen LogP contribution in [0, 0.1) is 0 Å². The van der Waals surface area contributed by atoms with Gasteiger partial charge in [0.05, 0.1) is 4.91 Å². The Labute approximate surface area is 136 Å². The summed E-state index contributed by atoms with van der Waals surface area (Å²) in [6, 6.07) is 12.6. The van der Waals surface area contributed by atoms with E-state index in [1.165, 1.54) is 12.4 Å². The number of hydrogen-bond donors (Lipinski definition) is 0. The molecule has 2 amide bonds. The second-order valence-electron chi connectivity index (χ2n) is 4.47. The summed E-state index contributed by atoms with van der Waals surface area (Å²) >= 11 is 6.31. The molecule has 0 radical (unpaired) electrons. The van der Waals surface area contributed by atoms with E-state index in [0.717, 1.165) is 22.2 Å². The van der Waals surface area contributed by atoms with E-state index in [-0.39, 0.29) is 10.2 Å². The average Bonchev–Trinajstić information content (AvgIpc) is 2.82. The third kappa shape index (κ3) is 2.84. The number of benzene rings is 1. The average molecular weight is 326 g/mol. The summed E-state index contributed by atoms with van der Waals surface area (Å²) in [5.41, 5.74) is 1.27. The lowest BCUT2D eigenvalue weighted by atomic mass is 10.2. The Morgan fingerprint density at radius 1 is 1.14 bits per heavy atom. The Bertz CT molecular complexity index is 773. The summed E-state index contributed by atoms with van der Waals surface area (Å²) in [4.78, 5) is 30.2. The van der Waals surface area contributed by atoms with Gasteiger partial charge in [-0.15, -0.1) is 0 Å². The van der Waals surface area contributed by atoms with Gasteiger partial charge in [0.15, 0.2) is 4.32 Å². The first-order valence-electron chi connectivity index (χ1n) is 6.44. The molecule has 2 heterocycles. The number of imide groups is 1. The summed E-state index contributed by atoms with van der Waals surface area (Å²) in [5.74, 6) is -0.818. The zero-order valence-electron chi connectivity index (χ0n) is 11.3. The van der Waals surface area contributed by atoms with Crippen LogP contribution >= 0.6 is 24.0 Å². The van der Waals surface area contributed by atoms with Crippen LogP contribution in [-0.4, -0.2) is 26.0 Å². The minimum atomic E-state index is -0.429. The van der Waals surface area contributed by atoms with Crippen molar-refractivity contribution in [2.75, 3.05) is 0 Å². The first-order valence-corrected chi connectivity index (χ1v) is 7.66. The lowest BCUT2D eigenvalue weighted by molar-refractivity contribution is -0.120. The Hall–Kier alpha value is -2.31. The maximum absolute atomic E-state index is 12.4. The van der Waals surface area contributed by atoms with E-state index in [2.05, 4.69) is 4.98 Å². The Morgan fingerprint density at radius 2 is 1.82 bits per heavy atom. The summed E-state index contributed by atoms with van der Waals surface area (Å²) < 4.78 is 0.244. The highest BCUT2D eigenvalue weighted by Gasteiger charge is 2.37. The highest BCUT2D eigenvalue weighted by Crippen LogP contribution is 2.33. The van der Waals surface area contributed by atoms with E-state index < -0.39 is 5.91 Å². The lowest BCUT2D eigenvalue weighted by Gasteiger charge is -2.11. The molecule has 0 unspecified atom stereocenters. The number of carbonyl (C=O) groups is 2. The number of thiocarbonyl (C=S) groups is 1. The largest absolute Gasteiger partial charge is 0.273 e. The Balaban J connectivity index is 1.89. The maximum Gasteiger partial charge on any atom is 0.273 e. The van der Waals surface area contributed by atoms with E-state index in [0.29, 0.717) is 10.5 Å². The molecule has 1 fully saturated rings. The van der Waals surface area contributed by atoms with Gasteiger partial charge in [0.2, 0.25) is 0 Å². The van der Waals surface area contributed by atoms with E-state index >= 15 is 0 Å². The second-order valence-corrected chi connectivity index (χ2v) is 6.14. The molecule has 3 rings (SSSR count). The molecule has 0 aliphatic carbocycles. The number of rotatable bonds is 2. The van der Waals surface area contributed by atoms with Crippen LogP contribution in [0.3, 0.4) is 0 Å². The monoisotopic (exact) mass is 326 g/mol. The molecule has 0 saturated carbocycles. The van der Waals surface area contributed by atoms with Gasteiger partial charge in [-0.1, -0.05) is 54.3 Å². The fourth-order valence-corrected chi connectivity index (χ4v) is 3.22. The predicted octanol–water partition coefficient (Wildman–Crippen LogP) is 3.12. The van der Waals surface area contributed by atoms with Crippen LogP contribution in [0.5, 0.6) is 0 Å². The van der Waals surface area contributed by atoms with Crippen LogP contribution in [0.25, 0.3) is 6.08 Å². The molecule has 0 atom stereocenters. The third-order valence-corrected chi connectivity index (χ3v) is 4.32. The number of amides is 2. The smallest absolute Gasteiger partial charge is 0.268 e. The van der Waals surface area contributed by atoms with E-state index in [1.54, 1.807) is 18.2 Å². The van der Waals surface area contributed by atoms with Gasteiger partial charge in [-0.3, -0.25) is 14.6 Å². The van der Waals surface area contributed by atoms with Gasteiger partial charge < -0.3 is 0 Å². The van der Waals surface area contributed by atoms with Crippen LogP contribution in [-0.2, 0) is 4.79 Å². The molecule has 22 heavy (non-hydrogen) atoms. The molecule has 0 N–H and O–H groups in total. The quantitative estimate of drug-likeness (QED) is 0.482. The van der Waals surface area contributed by atoms with Gasteiger partial charge in [-0.2, -0.15) is 0 Å². The van der Waals surface area contributed by atoms with Crippen molar-refractivity contribution in [1.29, 1.82) is 0 Å². The fraction of sp³-hybridized carbons (Fsp3) is 0. The SMILES string of the molecule is O=C1/C(=C/c2ccccc2)SC(=S)N1C(=O)c1ccncc1. The maximum atomic E-state index is 12.4.